The Morgan fingerprint density at radius 1 is 1.23 bits per heavy atom. The zero-order chi connectivity index (χ0) is 15.5. The third-order valence-corrected chi connectivity index (χ3v) is 5.22. The first-order chi connectivity index (χ1) is 10.7. The number of hydrogen-bond donors (Lipinski definition) is 0. The fraction of sp³-hybridized carbons (Fsp3) is 0. The summed E-state index contributed by atoms with van der Waals surface area (Å²) >= 11 is 15.1. The van der Waals surface area contributed by atoms with Gasteiger partial charge >= 0.3 is 0 Å². The molecule has 108 valence electrons. The SMILES string of the molecule is N#C/C(=C/c1ccc(Cl)cc1Cl)c1nc(-c2cccs2)cs1. The van der Waals surface area contributed by atoms with E-state index in [4.69, 9.17) is 23.2 Å². The van der Waals surface area contributed by atoms with Crippen LogP contribution in [0.5, 0.6) is 0 Å². The maximum atomic E-state index is 9.41. The van der Waals surface area contributed by atoms with Gasteiger partial charge in [0.25, 0.3) is 0 Å². The van der Waals surface area contributed by atoms with Gasteiger partial charge in [-0.15, -0.1) is 22.7 Å². The Morgan fingerprint density at radius 2 is 2.09 bits per heavy atom. The van der Waals surface area contributed by atoms with Crippen molar-refractivity contribution in [3.05, 3.63) is 61.7 Å². The summed E-state index contributed by atoms with van der Waals surface area (Å²) in [5.74, 6) is 0. The van der Waals surface area contributed by atoms with Gasteiger partial charge in [-0.05, 0) is 35.2 Å². The van der Waals surface area contributed by atoms with Gasteiger partial charge in [0, 0.05) is 15.4 Å². The predicted octanol–water partition coefficient (Wildman–Crippen LogP) is 6.24. The van der Waals surface area contributed by atoms with Crippen molar-refractivity contribution in [3.63, 3.8) is 0 Å². The predicted molar refractivity (Wildman–Crippen MR) is 95.4 cm³/mol. The van der Waals surface area contributed by atoms with E-state index in [1.807, 2.05) is 22.9 Å². The largest absolute Gasteiger partial charge is 0.234 e. The molecular formula is C16H8Cl2N2S2. The fourth-order valence-corrected chi connectivity index (χ4v) is 3.86. The van der Waals surface area contributed by atoms with Crippen LogP contribution in [-0.4, -0.2) is 4.98 Å². The lowest BCUT2D eigenvalue weighted by Crippen LogP contribution is -1.83. The highest BCUT2D eigenvalue weighted by molar-refractivity contribution is 7.14. The van der Waals surface area contributed by atoms with Gasteiger partial charge in [0.15, 0.2) is 0 Å². The van der Waals surface area contributed by atoms with Crippen LogP contribution in [0.3, 0.4) is 0 Å². The van der Waals surface area contributed by atoms with Gasteiger partial charge < -0.3 is 0 Å². The van der Waals surface area contributed by atoms with Gasteiger partial charge in [0.1, 0.15) is 11.1 Å². The molecule has 3 aromatic rings. The summed E-state index contributed by atoms with van der Waals surface area (Å²) in [7, 11) is 0. The monoisotopic (exact) mass is 362 g/mol. The van der Waals surface area contributed by atoms with E-state index >= 15 is 0 Å². The van der Waals surface area contributed by atoms with E-state index in [1.54, 1.807) is 35.6 Å². The minimum Gasteiger partial charge on any atom is -0.234 e. The molecule has 0 unspecified atom stereocenters. The number of halogens is 2. The summed E-state index contributed by atoms with van der Waals surface area (Å²) in [6.45, 7) is 0. The second-order valence-corrected chi connectivity index (χ2v) is 7.00. The first-order valence-corrected chi connectivity index (χ1v) is 8.75. The number of nitrogens with zero attached hydrogens (tertiary/aromatic N) is 2. The van der Waals surface area contributed by atoms with E-state index in [0.29, 0.717) is 20.6 Å². The number of thiophene rings is 1. The molecule has 6 heteroatoms. The normalized spacial score (nSPS) is 11.4. The summed E-state index contributed by atoms with van der Waals surface area (Å²) in [5, 5.41) is 15.1. The van der Waals surface area contributed by atoms with Gasteiger partial charge in [-0.3, -0.25) is 0 Å². The van der Waals surface area contributed by atoms with E-state index in [2.05, 4.69) is 11.1 Å². The minimum atomic E-state index is 0.483. The second-order valence-electron chi connectivity index (χ2n) is 4.35. The molecule has 0 atom stereocenters. The molecule has 0 saturated carbocycles. The van der Waals surface area contributed by atoms with Crippen LogP contribution in [0.15, 0.2) is 41.1 Å². The molecule has 0 bridgehead atoms. The number of benzene rings is 1. The summed E-state index contributed by atoms with van der Waals surface area (Å²) in [5.41, 5.74) is 2.12. The average Bonchev–Trinajstić information content (AvgIpc) is 3.17. The number of allylic oxidation sites excluding steroid dienone is 1. The van der Waals surface area contributed by atoms with Crippen LogP contribution < -0.4 is 0 Å². The van der Waals surface area contributed by atoms with Crippen molar-refractivity contribution in [3.8, 4) is 16.6 Å². The highest BCUT2D eigenvalue weighted by Gasteiger charge is 2.10. The van der Waals surface area contributed by atoms with Crippen molar-refractivity contribution >= 4 is 57.5 Å². The zero-order valence-electron chi connectivity index (χ0n) is 11.1. The number of nitriles is 1. The molecule has 0 aliphatic heterocycles. The highest BCUT2D eigenvalue weighted by atomic mass is 35.5. The van der Waals surface area contributed by atoms with Crippen LogP contribution in [0, 0.1) is 11.3 Å². The Labute approximate surface area is 145 Å². The van der Waals surface area contributed by atoms with Crippen LogP contribution >= 0.6 is 45.9 Å². The maximum Gasteiger partial charge on any atom is 0.134 e. The van der Waals surface area contributed by atoms with Crippen LogP contribution in [-0.2, 0) is 0 Å². The van der Waals surface area contributed by atoms with E-state index in [-0.39, 0.29) is 0 Å². The van der Waals surface area contributed by atoms with Gasteiger partial charge in [-0.25, -0.2) is 4.98 Å². The summed E-state index contributed by atoms with van der Waals surface area (Å²) in [6, 6.07) is 11.4. The summed E-state index contributed by atoms with van der Waals surface area (Å²) in [4.78, 5) is 5.62. The van der Waals surface area contributed by atoms with Crippen molar-refractivity contribution in [2.45, 2.75) is 0 Å². The highest BCUT2D eigenvalue weighted by Crippen LogP contribution is 2.31. The maximum absolute atomic E-state index is 9.41. The van der Waals surface area contributed by atoms with Crippen LogP contribution in [0.1, 0.15) is 10.6 Å². The lowest BCUT2D eigenvalue weighted by atomic mass is 10.1. The molecule has 2 heterocycles. The molecule has 0 amide bonds. The molecule has 0 spiro atoms. The molecule has 3 rings (SSSR count). The molecule has 0 fully saturated rings. The first kappa shape index (κ1) is 15.3. The van der Waals surface area contributed by atoms with Gasteiger partial charge in [0.05, 0.1) is 16.1 Å². The minimum absolute atomic E-state index is 0.483. The molecule has 2 nitrogen and oxygen atoms in total. The smallest absolute Gasteiger partial charge is 0.134 e. The van der Waals surface area contributed by atoms with E-state index in [1.165, 1.54) is 11.3 Å². The molecule has 1 aromatic carbocycles. The van der Waals surface area contributed by atoms with Crippen molar-refractivity contribution in [1.82, 2.24) is 4.98 Å². The Morgan fingerprint density at radius 3 is 2.77 bits per heavy atom. The van der Waals surface area contributed by atoms with Gasteiger partial charge in [-0.2, -0.15) is 5.26 Å². The molecule has 0 N–H and O–H groups in total. The number of aromatic nitrogens is 1. The number of hydrogen-bond acceptors (Lipinski definition) is 4. The molecule has 0 radical (unpaired) electrons. The van der Waals surface area contributed by atoms with E-state index < -0.39 is 0 Å². The lowest BCUT2D eigenvalue weighted by Gasteiger charge is -2.00. The van der Waals surface area contributed by atoms with Crippen molar-refractivity contribution in [1.29, 1.82) is 5.26 Å². The van der Waals surface area contributed by atoms with Crippen LogP contribution in [0.2, 0.25) is 10.0 Å². The molecule has 0 saturated heterocycles. The van der Waals surface area contributed by atoms with E-state index in [0.717, 1.165) is 16.1 Å². The third kappa shape index (κ3) is 3.23. The first-order valence-electron chi connectivity index (χ1n) is 6.24. The second kappa shape index (κ2) is 6.64. The lowest BCUT2D eigenvalue weighted by molar-refractivity contribution is 1.38. The quantitative estimate of drug-likeness (QED) is 0.516. The van der Waals surface area contributed by atoms with Crippen molar-refractivity contribution < 1.29 is 0 Å². The van der Waals surface area contributed by atoms with Crippen LogP contribution in [0.25, 0.3) is 22.2 Å². The third-order valence-electron chi connectivity index (χ3n) is 2.89. The van der Waals surface area contributed by atoms with Crippen molar-refractivity contribution in [2.75, 3.05) is 0 Å². The number of thiazole rings is 1. The van der Waals surface area contributed by atoms with Crippen molar-refractivity contribution in [2.24, 2.45) is 0 Å². The van der Waals surface area contributed by atoms with Gasteiger partial charge in [-0.1, -0.05) is 35.3 Å². The van der Waals surface area contributed by atoms with Crippen LogP contribution in [0.4, 0.5) is 0 Å². The fourth-order valence-electron chi connectivity index (χ4n) is 1.85. The number of rotatable bonds is 3. The summed E-state index contributed by atoms with van der Waals surface area (Å²) < 4.78 is 0. The Balaban J connectivity index is 1.98. The molecular weight excluding hydrogens is 355 g/mol. The summed E-state index contributed by atoms with van der Waals surface area (Å²) in [6.07, 6.45) is 1.73. The average molecular weight is 363 g/mol. The Kier molecular flexibility index (Phi) is 4.60. The topological polar surface area (TPSA) is 36.7 Å². The Bertz CT molecular complexity index is 874. The molecule has 22 heavy (non-hydrogen) atoms. The van der Waals surface area contributed by atoms with Gasteiger partial charge in [0.2, 0.25) is 0 Å². The van der Waals surface area contributed by atoms with E-state index in [9.17, 15) is 5.26 Å². The zero-order valence-corrected chi connectivity index (χ0v) is 14.2. The molecule has 2 aromatic heterocycles. The standard InChI is InChI=1S/C16H8Cl2N2S2/c17-12-4-3-10(13(18)7-12)6-11(8-19)16-20-14(9-22-16)15-2-1-5-21-15/h1-7,9H/b11-6-. The Hall–Kier alpha value is -1.64. The molecule has 0 aliphatic carbocycles. The molecule has 0 aliphatic rings.